The van der Waals surface area contributed by atoms with E-state index in [1.165, 1.54) is 6.92 Å². The Morgan fingerprint density at radius 2 is 2.00 bits per heavy atom. The zero-order valence-corrected chi connectivity index (χ0v) is 16.0. The van der Waals surface area contributed by atoms with Crippen LogP contribution in [0, 0.1) is 0 Å². The van der Waals surface area contributed by atoms with E-state index in [0.717, 1.165) is 24.8 Å². The highest BCUT2D eigenvalue weighted by Crippen LogP contribution is 2.37. The molecule has 1 aliphatic heterocycles. The molecule has 0 radical (unpaired) electrons. The van der Waals surface area contributed by atoms with Crippen LogP contribution in [0.1, 0.15) is 33.1 Å². The summed E-state index contributed by atoms with van der Waals surface area (Å²) in [7, 11) is -1.52. The quantitative estimate of drug-likeness (QED) is 0.753. The van der Waals surface area contributed by atoms with Gasteiger partial charge in [0.2, 0.25) is 5.91 Å². The Balaban J connectivity index is 2.39. The van der Waals surface area contributed by atoms with Crippen molar-refractivity contribution in [1.29, 1.82) is 0 Å². The molecule has 0 saturated heterocycles. The Hall–Kier alpha value is -1.30. The van der Waals surface area contributed by atoms with Crippen LogP contribution in [-0.4, -0.2) is 20.5 Å². The predicted molar refractivity (Wildman–Crippen MR) is 99.1 cm³/mol. The van der Waals surface area contributed by atoms with Gasteiger partial charge in [-0.2, -0.15) is 0 Å². The molecule has 0 saturated carbocycles. The molecular formula is C17H20Cl2N2O2S. The van der Waals surface area contributed by atoms with Crippen molar-refractivity contribution < 1.29 is 9.00 Å². The third-order valence-corrected chi connectivity index (χ3v) is 5.57. The molecule has 1 amide bonds. The van der Waals surface area contributed by atoms with Gasteiger partial charge in [0.25, 0.3) is 0 Å². The number of hydrogen-bond acceptors (Lipinski definition) is 2. The minimum absolute atomic E-state index is 0.0529. The van der Waals surface area contributed by atoms with Gasteiger partial charge in [-0.1, -0.05) is 55.6 Å². The molecule has 0 spiro atoms. The van der Waals surface area contributed by atoms with E-state index in [1.807, 2.05) is 0 Å². The molecule has 0 aliphatic carbocycles. The molecule has 4 nitrogen and oxygen atoms in total. The molecule has 1 aliphatic rings. The normalized spacial score (nSPS) is 18.2. The Kier molecular flexibility index (Phi) is 6.49. The zero-order chi connectivity index (χ0) is 17.9. The largest absolute Gasteiger partial charge is 0.312 e. The van der Waals surface area contributed by atoms with E-state index >= 15 is 0 Å². The SMILES string of the molecule is C=CC1=C(NC(C)=O)N(S(=O)c2cc(Cl)cc(Cl)c2)C1CCCC. The van der Waals surface area contributed by atoms with Crippen LogP contribution in [0.3, 0.4) is 0 Å². The molecule has 130 valence electrons. The lowest BCUT2D eigenvalue weighted by Gasteiger charge is -2.44. The first kappa shape index (κ1) is 19.0. The van der Waals surface area contributed by atoms with Crippen molar-refractivity contribution in [2.75, 3.05) is 0 Å². The molecule has 1 N–H and O–H groups in total. The summed E-state index contributed by atoms with van der Waals surface area (Å²) in [6, 6.07) is 4.78. The Labute approximate surface area is 155 Å². The standard InChI is InChI=1S/C17H20Cl2N2O2S/c1-4-6-7-16-15(5-2)17(20-11(3)22)21(16)24(23)14-9-12(18)8-13(19)10-14/h5,8-10,16H,2,4,6-7H2,1,3H3,(H,20,22). The van der Waals surface area contributed by atoms with Crippen molar-refractivity contribution in [3.05, 3.63) is 52.3 Å². The number of amides is 1. The van der Waals surface area contributed by atoms with Crippen LogP contribution in [0.5, 0.6) is 0 Å². The van der Waals surface area contributed by atoms with Crippen LogP contribution < -0.4 is 5.32 Å². The molecule has 2 atom stereocenters. The van der Waals surface area contributed by atoms with Gasteiger partial charge in [-0.25, -0.2) is 4.21 Å². The van der Waals surface area contributed by atoms with Crippen LogP contribution in [0.2, 0.25) is 10.0 Å². The lowest BCUT2D eigenvalue weighted by Crippen LogP contribution is -2.52. The Bertz CT molecular complexity index is 698. The van der Waals surface area contributed by atoms with Crippen LogP contribution >= 0.6 is 23.2 Å². The minimum Gasteiger partial charge on any atom is -0.312 e. The van der Waals surface area contributed by atoms with E-state index in [2.05, 4.69) is 18.8 Å². The van der Waals surface area contributed by atoms with E-state index < -0.39 is 11.0 Å². The first-order valence-corrected chi connectivity index (χ1v) is 9.56. The molecule has 24 heavy (non-hydrogen) atoms. The molecule has 1 aromatic carbocycles. The second-order valence-electron chi connectivity index (χ2n) is 5.53. The van der Waals surface area contributed by atoms with Crippen LogP contribution in [-0.2, 0) is 15.8 Å². The molecule has 0 bridgehead atoms. The van der Waals surface area contributed by atoms with Gasteiger partial charge in [0.15, 0.2) is 11.0 Å². The Morgan fingerprint density at radius 1 is 1.38 bits per heavy atom. The van der Waals surface area contributed by atoms with E-state index in [-0.39, 0.29) is 11.9 Å². The summed E-state index contributed by atoms with van der Waals surface area (Å²) in [6.45, 7) is 7.34. The highest BCUT2D eigenvalue weighted by atomic mass is 35.5. The van der Waals surface area contributed by atoms with Crippen molar-refractivity contribution >= 4 is 40.1 Å². The van der Waals surface area contributed by atoms with Crippen molar-refractivity contribution in [2.24, 2.45) is 0 Å². The summed E-state index contributed by atoms with van der Waals surface area (Å²) < 4.78 is 14.8. The summed E-state index contributed by atoms with van der Waals surface area (Å²) in [4.78, 5) is 12.0. The van der Waals surface area contributed by atoms with E-state index in [9.17, 15) is 9.00 Å². The average molecular weight is 387 g/mol. The van der Waals surface area contributed by atoms with E-state index in [0.29, 0.717) is 20.8 Å². The summed E-state index contributed by atoms with van der Waals surface area (Å²) in [5.74, 6) is 0.317. The summed E-state index contributed by atoms with van der Waals surface area (Å²) in [6.07, 6.45) is 4.56. The van der Waals surface area contributed by atoms with Gasteiger partial charge < -0.3 is 5.32 Å². The lowest BCUT2D eigenvalue weighted by atomic mass is 9.95. The molecule has 2 unspecified atom stereocenters. The molecule has 0 aromatic heterocycles. The van der Waals surface area contributed by atoms with Gasteiger partial charge in [0.05, 0.1) is 10.9 Å². The fourth-order valence-corrected chi connectivity index (χ4v) is 4.74. The van der Waals surface area contributed by atoms with E-state index in [1.54, 1.807) is 28.6 Å². The second-order valence-corrected chi connectivity index (χ2v) is 7.76. The highest BCUT2D eigenvalue weighted by Gasteiger charge is 2.40. The van der Waals surface area contributed by atoms with Gasteiger partial charge >= 0.3 is 0 Å². The highest BCUT2D eigenvalue weighted by molar-refractivity contribution is 7.83. The molecule has 7 heteroatoms. The van der Waals surface area contributed by atoms with Crippen LogP contribution in [0.25, 0.3) is 0 Å². The maximum absolute atomic E-state index is 13.1. The van der Waals surface area contributed by atoms with Crippen molar-refractivity contribution in [2.45, 2.75) is 44.0 Å². The monoisotopic (exact) mass is 386 g/mol. The molecular weight excluding hydrogens is 367 g/mol. The van der Waals surface area contributed by atoms with Gasteiger partial charge in [-0.15, -0.1) is 0 Å². The lowest BCUT2D eigenvalue weighted by molar-refractivity contribution is -0.118. The minimum atomic E-state index is -1.52. The van der Waals surface area contributed by atoms with E-state index in [4.69, 9.17) is 23.2 Å². The number of rotatable bonds is 7. The second kappa shape index (κ2) is 8.19. The van der Waals surface area contributed by atoms with Gasteiger partial charge in [0, 0.05) is 22.5 Å². The van der Waals surface area contributed by atoms with Gasteiger partial charge in [-0.3, -0.25) is 9.10 Å². The van der Waals surface area contributed by atoms with Crippen LogP contribution in [0.15, 0.2) is 47.1 Å². The number of hydrogen-bond donors (Lipinski definition) is 1. The van der Waals surface area contributed by atoms with Crippen molar-refractivity contribution in [1.82, 2.24) is 9.62 Å². The van der Waals surface area contributed by atoms with Gasteiger partial charge in [0.1, 0.15) is 5.82 Å². The predicted octanol–water partition coefficient (Wildman–Crippen LogP) is 4.42. The number of unbranched alkanes of at least 4 members (excludes halogenated alkanes) is 1. The Morgan fingerprint density at radius 3 is 2.50 bits per heavy atom. The number of carbonyl (C=O) groups excluding carboxylic acids is 1. The topological polar surface area (TPSA) is 49.4 Å². The zero-order valence-electron chi connectivity index (χ0n) is 13.6. The first-order chi connectivity index (χ1) is 11.4. The summed E-state index contributed by atoms with van der Waals surface area (Å²) in [5.41, 5.74) is 0.903. The molecule has 2 rings (SSSR count). The smallest absolute Gasteiger partial charge is 0.222 e. The third kappa shape index (κ3) is 4.02. The molecule has 0 fully saturated rings. The van der Waals surface area contributed by atoms with Gasteiger partial charge in [-0.05, 0) is 24.6 Å². The molecule has 1 aromatic rings. The number of nitrogens with one attached hydrogen (secondary N) is 1. The van der Waals surface area contributed by atoms with Crippen molar-refractivity contribution in [3.63, 3.8) is 0 Å². The maximum Gasteiger partial charge on any atom is 0.222 e. The fraction of sp³-hybridized carbons (Fsp3) is 0.353. The summed E-state index contributed by atoms with van der Waals surface area (Å²) in [5, 5.41) is 3.60. The average Bonchev–Trinajstić information content (AvgIpc) is 2.49. The maximum atomic E-state index is 13.1. The summed E-state index contributed by atoms with van der Waals surface area (Å²) >= 11 is 12.0. The van der Waals surface area contributed by atoms with Crippen molar-refractivity contribution in [3.8, 4) is 0 Å². The number of nitrogens with zero attached hydrogens (tertiary/aromatic N) is 1. The third-order valence-electron chi connectivity index (χ3n) is 3.70. The number of halogens is 2. The van der Waals surface area contributed by atoms with Crippen LogP contribution in [0.4, 0.5) is 0 Å². The fourth-order valence-electron chi connectivity index (χ4n) is 2.64. The molecule has 1 heterocycles. The number of carbonyl (C=O) groups is 1. The first-order valence-electron chi connectivity index (χ1n) is 7.70. The number of benzene rings is 1.